The molecule has 2 aromatic carbocycles. The zero-order chi connectivity index (χ0) is 24.5. The molecule has 5 rings (SSSR count). The van der Waals surface area contributed by atoms with Crippen LogP contribution < -0.4 is 19.7 Å². The maximum atomic E-state index is 6.47. The first-order chi connectivity index (χ1) is 17.0. The van der Waals surface area contributed by atoms with Gasteiger partial charge in [0.2, 0.25) is 0 Å². The van der Waals surface area contributed by atoms with Crippen LogP contribution in [0, 0.1) is 6.92 Å². The van der Waals surface area contributed by atoms with E-state index in [0.29, 0.717) is 21.6 Å². The molecule has 0 aliphatic carbocycles. The fourth-order valence-electron chi connectivity index (χ4n) is 4.40. The molecule has 178 valence electrons. The molecule has 1 aliphatic rings. The van der Waals surface area contributed by atoms with Crippen molar-refractivity contribution in [3.8, 4) is 22.8 Å². The maximum absolute atomic E-state index is 6.47. The predicted molar refractivity (Wildman–Crippen MR) is 141 cm³/mol. The first-order valence-electron chi connectivity index (χ1n) is 11.1. The molecule has 8 heteroatoms. The summed E-state index contributed by atoms with van der Waals surface area (Å²) in [7, 11) is 3.25. The van der Waals surface area contributed by atoms with E-state index in [9.17, 15) is 0 Å². The summed E-state index contributed by atoms with van der Waals surface area (Å²) in [5.74, 6) is 2.80. The van der Waals surface area contributed by atoms with Gasteiger partial charge in [-0.3, -0.25) is 4.98 Å². The maximum Gasteiger partial charge on any atom is 0.174 e. The molecule has 3 heterocycles. The second-order valence-corrected chi connectivity index (χ2v) is 9.02. The van der Waals surface area contributed by atoms with Crippen LogP contribution in [-0.2, 0) is 0 Å². The lowest BCUT2D eigenvalue weighted by molar-refractivity contribution is 0.392. The number of hydrogen-bond acceptors (Lipinski definition) is 5. The Morgan fingerprint density at radius 1 is 1.03 bits per heavy atom. The topological polar surface area (TPSA) is 59.8 Å². The Balaban J connectivity index is 1.64. The fraction of sp³-hybridized carbons (Fsp3) is 0.185. The van der Waals surface area contributed by atoms with Gasteiger partial charge in [-0.15, -0.1) is 0 Å². The van der Waals surface area contributed by atoms with Gasteiger partial charge in [-0.05, 0) is 73.2 Å². The number of rotatable bonds is 6. The van der Waals surface area contributed by atoms with Crippen LogP contribution in [0.1, 0.15) is 29.1 Å². The number of aryl methyl sites for hydroxylation is 1. The molecule has 0 saturated carbocycles. The molecule has 1 fully saturated rings. The minimum Gasteiger partial charge on any atom is -0.497 e. The van der Waals surface area contributed by atoms with E-state index < -0.39 is 0 Å². The van der Waals surface area contributed by atoms with E-state index in [1.54, 1.807) is 20.4 Å². The molecule has 0 bridgehead atoms. The molecule has 35 heavy (non-hydrogen) atoms. The number of pyridine rings is 1. The number of ether oxygens (including phenoxy) is 2. The molecule has 2 atom stereocenters. The van der Waals surface area contributed by atoms with Crippen molar-refractivity contribution < 1.29 is 13.9 Å². The molecule has 4 aromatic rings. The monoisotopic (exact) mass is 505 g/mol. The number of halogens is 1. The van der Waals surface area contributed by atoms with Gasteiger partial charge in [-0.1, -0.05) is 23.7 Å². The van der Waals surface area contributed by atoms with Crippen LogP contribution in [0.25, 0.3) is 11.3 Å². The standard InChI is InChI=1S/C27H24ClN3O3S/c1-16-7-8-17(28)14-19(16)22-11-12-23(34-22)26-25(20-6-4-5-13-29-20)30-27(35)31(26)21-10-9-18(32-2)15-24(21)33-3/h4-15,25-26H,1-3H3,(H,30,35). The summed E-state index contributed by atoms with van der Waals surface area (Å²) in [6.07, 6.45) is 1.77. The first-order valence-corrected chi connectivity index (χ1v) is 11.9. The molecule has 1 aliphatic heterocycles. The van der Waals surface area contributed by atoms with Gasteiger partial charge in [0.25, 0.3) is 0 Å². The van der Waals surface area contributed by atoms with E-state index in [-0.39, 0.29) is 12.1 Å². The summed E-state index contributed by atoms with van der Waals surface area (Å²) in [6.45, 7) is 2.03. The summed E-state index contributed by atoms with van der Waals surface area (Å²) < 4.78 is 17.6. The number of hydrogen-bond donors (Lipinski definition) is 1. The van der Waals surface area contributed by atoms with Gasteiger partial charge in [-0.25, -0.2) is 0 Å². The summed E-state index contributed by atoms with van der Waals surface area (Å²) in [4.78, 5) is 6.61. The quantitative estimate of drug-likeness (QED) is 0.300. The van der Waals surface area contributed by atoms with Crippen molar-refractivity contribution >= 4 is 34.6 Å². The number of nitrogens with zero attached hydrogens (tertiary/aromatic N) is 2. The minimum absolute atomic E-state index is 0.241. The molecule has 2 aromatic heterocycles. The highest BCUT2D eigenvalue weighted by molar-refractivity contribution is 7.80. The van der Waals surface area contributed by atoms with Crippen LogP contribution in [-0.4, -0.2) is 24.3 Å². The molecular weight excluding hydrogens is 482 g/mol. The fourth-order valence-corrected chi connectivity index (χ4v) is 4.91. The van der Waals surface area contributed by atoms with Gasteiger partial charge >= 0.3 is 0 Å². The molecule has 1 saturated heterocycles. The smallest absolute Gasteiger partial charge is 0.174 e. The van der Waals surface area contributed by atoms with E-state index in [0.717, 1.165) is 34.0 Å². The minimum atomic E-state index is -0.312. The number of furan rings is 1. The average molecular weight is 506 g/mol. The summed E-state index contributed by atoms with van der Waals surface area (Å²) in [5.41, 5.74) is 3.67. The molecule has 0 radical (unpaired) electrons. The van der Waals surface area contributed by atoms with Crippen LogP contribution in [0.5, 0.6) is 11.5 Å². The van der Waals surface area contributed by atoms with Crippen LogP contribution in [0.15, 0.2) is 77.3 Å². The van der Waals surface area contributed by atoms with Gasteiger partial charge in [0.05, 0.1) is 31.6 Å². The highest BCUT2D eigenvalue weighted by Gasteiger charge is 2.43. The first kappa shape index (κ1) is 23.2. The highest BCUT2D eigenvalue weighted by Crippen LogP contribution is 2.46. The predicted octanol–water partition coefficient (Wildman–Crippen LogP) is 6.50. The Morgan fingerprint density at radius 2 is 1.89 bits per heavy atom. The van der Waals surface area contributed by atoms with E-state index in [1.807, 2.05) is 78.6 Å². The van der Waals surface area contributed by atoms with Gasteiger partial charge in [-0.2, -0.15) is 0 Å². The average Bonchev–Trinajstić information content (AvgIpc) is 3.50. The number of benzene rings is 2. The lowest BCUT2D eigenvalue weighted by Gasteiger charge is -2.27. The number of anilines is 1. The van der Waals surface area contributed by atoms with Crippen LogP contribution >= 0.6 is 23.8 Å². The highest BCUT2D eigenvalue weighted by atomic mass is 35.5. The Labute approximate surface area is 214 Å². The van der Waals surface area contributed by atoms with Crippen molar-refractivity contribution in [2.75, 3.05) is 19.1 Å². The lowest BCUT2D eigenvalue weighted by Crippen LogP contribution is -2.29. The molecule has 0 spiro atoms. The van der Waals surface area contributed by atoms with Gasteiger partial charge in [0.1, 0.15) is 29.1 Å². The van der Waals surface area contributed by atoms with Crippen molar-refractivity contribution in [1.82, 2.24) is 10.3 Å². The van der Waals surface area contributed by atoms with Crippen LogP contribution in [0.2, 0.25) is 5.02 Å². The molecule has 0 amide bonds. The van der Waals surface area contributed by atoms with Crippen molar-refractivity contribution in [1.29, 1.82) is 0 Å². The normalized spacial score (nSPS) is 17.4. The molecule has 2 unspecified atom stereocenters. The van der Waals surface area contributed by atoms with E-state index in [2.05, 4.69) is 10.3 Å². The largest absolute Gasteiger partial charge is 0.497 e. The third kappa shape index (κ3) is 4.33. The lowest BCUT2D eigenvalue weighted by atomic mass is 10.0. The van der Waals surface area contributed by atoms with Crippen molar-refractivity contribution in [2.24, 2.45) is 0 Å². The zero-order valence-electron chi connectivity index (χ0n) is 19.5. The van der Waals surface area contributed by atoms with Gasteiger partial charge in [0, 0.05) is 22.8 Å². The van der Waals surface area contributed by atoms with Crippen LogP contribution in [0.4, 0.5) is 5.69 Å². The number of methoxy groups -OCH3 is 2. The van der Waals surface area contributed by atoms with E-state index in [1.165, 1.54) is 0 Å². The summed E-state index contributed by atoms with van der Waals surface area (Å²) in [5, 5.41) is 4.65. The van der Waals surface area contributed by atoms with Crippen LogP contribution in [0.3, 0.4) is 0 Å². The third-order valence-corrected chi connectivity index (χ3v) is 6.68. The van der Waals surface area contributed by atoms with Gasteiger partial charge in [0.15, 0.2) is 5.11 Å². The Hall–Kier alpha value is -3.55. The molecule has 1 N–H and O–H groups in total. The van der Waals surface area contributed by atoms with Crippen molar-refractivity contribution in [3.63, 3.8) is 0 Å². The van der Waals surface area contributed by atoms with Gasteiger partial charge < -0.3 is 24.1 Å². The summed E-state index contributed by atoms with van der Waals surface area (Å²) >= 11 is 12.1. The molecule has 6 nitrogen and oxygen atoms in total. The van der Waals surface area contributed by atoms with E-state index >= 15 is 0 Å². The van der Waals surface area contributed by atoms with Crippen molar-refractivity contribution in [2.45, 2.75) is 19.0 Å². The Bertz CT molecular complexity index is 1380. The number of thiocarbonyl (C=S) groups is 1. The third-order valence-electron chi connectivity index (χ3n) is 6.13. The molecular formula is C27H24ClN3O3S. The van der Waals surface area contributed by atoms with Crippen molar-refractivity contribution in [3.05, 3.63) is 95.0 Å². The Kier molecular flexibility index (Phi) is 6.36. The zero-order valence-corrected chi connectivity index (χ0v) is 21.1. The van der Waals surface area contributed by atoms with E-state index in [4.69, 9.17) is 37.7 Å². The second-order valence-electron chi connectivity index (χ2n) is 8.20. The Morgan fingerprint density at radius 3 is 2.63 bits per heavy atom. The number of aromatic nitrogens is 1. The SMILES string of the molecule is COc1ccc(N2C(=S)NC(c3ccccn3)C2c2ccc(-c3cc(Cl)ccc3C)o2)c(OC)c1. The second kappa shape index (κ2) is 9.60. The summed E-state index contributed by atoms with van der Waals surface area (Å²) in [6, 6.07) is 20.7. The number of nitrogens with one attached hydrogen (secondary N) is 1.